The van der Waals surface area contributed by atoms with Gasteiger partial charge in [-0.05, 0) is 30.7 Å². The number of amides is 2. The Morgan fingerprint density at radius 3 is 2.67 bits per heavy atom. The molecule has 0 radical (unpaired) electrons. The molecule has 0 aliphatic carbocycles. The van der Waals surface area contributed by atoms with Gasteiger partial charge in [-0.1, -0.05) is 36.4 Å². The van der Waals surface area contributed by atoms with E-state index in [0.717, 1.165) is 5.56 Å². The van der Waals surface area contributed by atoms with Crippen molar-refractivity contribution < 1.29 is 14.3 Å². The van der Waals surface area contributed by atoms with Gasteiger partial charge in [-0.25, -0.2) is 0 Å². The predicted octanol–water partition coefficient (Wildman–Crippen LogP) is 3.08. The summed E-state index contributed by atoms with van der Waals surface area (Å²) in [5.74, 6) is 0.182. The second-order valence-electron chi connectivity index (χ2n) is 5.59. The average Bonchev–Trinajstić information content (AvgIpc) is 2.59. The number of carbonyl (C=O) groups is 2. The molecule has 0 saturated carbocycles. The van der Waals surface area contributed by atoms with Crippen LogP contribution in [0.25, 0.3) is 6.08 Å². The van der Waals surface area contributed by atoms with E-state index in [-0.39, 0.29) is 18.4 Å². The van der Waals surface area contributed by atoms with Crippen molar-refractivity contribution in [2.75, 3.05) is 23.9 Å². The van der Waals surface area contributed by atoms with Crippen LogP contribution in [0.5, 0.6) is 5.75 Å². The second-order valence-corrected chi connectivity index (χ2v) is 5.59. The number of carbonyl (C=O) groups excluding carboxylic acids is 2. The quantitative estimate of drug-likeness (QED) is 0.884. The zero-order valence-electron chi connectivity index (χ0n) is 13.6. The van der Waals surface area contributed by atoms with Crippen molar-refractivity contribution in [1.82, 2.24) is 0 Å². The smallest absolute Gasteiger partial charge is 0.264 e. The summed E-state index contributed by atoms with van der Waals surface area (Å²) in [5.41, 5.74) is 2.74. The van der Waals surface area contributed by atoms with Crippen molar-refractivity contribution in [1.29, 1.82) is 0 Å². The minimum absolute atomic E-state index is 0.0325. The first-order chi connectivity index (χ1) is 11.6. The molecule has 1 aliphatic rings. The van der Waals surface area contributed by atoms with E-state index in [1.54, 1.807) is 32.2 Å². The zero-order valence-corrected chi connectivity index (χ0v) is 13.6. The Balaban J connectivity index is 1.83. The molecule has 5 heteroatoms. The molecule has 24 heavy (non-hydrogen) atoms. The monoisotopic (exact) mass is 322 g/mol. The SMILES string of the molecule is C/C(=C\c1ccccc1)C(=O)Nc1cccc2c1OCC(=O)N2C. The number of hydrogen-bond acceptors (Lipinski definition) is 3. The summed E-state index contributed by atoms with van der Waals surface area (Å²) in [6.45, 7) is 1.73. The molecule has 1 heterocycles. The first-order valence-electron chi connectivity index (χ1n) is 7.63. The topological polar surface area (TPSA) is 58.6 Å². The Hall–Kier alpha value is -3.08. The third-order valence-corrected chi connectivity index (χ3v) is 3.86. The Kier molecular flexibility index (Phi) is 4.33. The summed E-state index contributed by atoms with van der Waals surface area (Å²) in [4.78, 5) is 25.7. The van der Waals surface area contributed by atoms with Crippen LogP contribution in [-0.2, 0) is 9.59 Å². The third-order valence-electron chi connectivity index (χ3n) is 3.86. The van der Waals surface area contributed by atoms with Crippen molar-refractivity contribution in [3.05, 3.63) is 59.7 Å². The highest BCUT2D eigenvalue weighted by Crippen LogP contribution is 2.38. The van der Waals surface area contributed by atoms with E-state index in [4.69, 9.17) is 4.74 Å². The summed E-state index contributed by atoms with van der Waals surface area (Å²) >= 11 is 0. The van der Waals surface area contributed by atoms with Gasteiger partial charge in [0.15, 0.2) is 12.4 Å². The first kappa shape index (κ1) is 15.8. The fourth-order valence-electron chi connectivity index (χ4n) is 2.49. The molecule has 3 rings (SSSR count). The van der Waals surface area contributed by atoms with Gasteiger partial charge in [0.2, 0.25) is 0 Å². The molecule has 5 nitrogen and oxygen atoms in total. The summed E-state index contributed by atoms with van der Waals surface area (Å²) in [6, 6.07) is 15.0. The number of nitrogens with zero attached hydrogens (tertiary/aromatic N) is 1. The van der Waals surface area contributed by atoms with Gasteiger partial charge in [-0.3, -0.25) is 9.59 Å². The van der Waals surface area contributed by atoms with Gasteiger partial charge in [0, 0.05) is 12.6 Å². The Bertz CT molecular complexity index is 813. The molecule has 1 aliphatic heterocycles. The number of rotatable bonds is 3. The lowest BCUT2D eigenvalue weighted by atomic mass is 10.1. The fraction of sp³-hybridized carbons (Fsp3) is 0.158. The maximum atomic E-state index is 12.4. The molecule has 0 saturated heterocycles. The lowest BCUT2D eigenvalue weighted by Gasteiger charge is -2.27. The number of anilines is 2. The van der Waals surface area contributed by atoms with Crippen LogP contribution in [-0.4, -0.2) is 25.5 Å². The van der Waals surface area contributed by atoms with Crippen molar-refractivity contribution in [2.45, 2.75) is 6.92 Å². The predicted molar refractivity (Wildman–Crippen MR) is 94.1 cm³/mol. The van der Waals surface area contributed by atoms with Gasteiger partial charge in [0.05, 0.1) is 11.4 Å². The molecule has 2 aromatic carbocycles. The zero-order chi connectivity index (χ0) is 17.1. The summed E-state index contributed by atoms with van der Waals surface area (Å²) in [5, 5.41) is 2.86. The highest BCUT2D eigenvalue weighted by Gasteiger charge is 2.25. The lowest BCUT2D eigenvalue weighted by Crippen LogP contribution is -2.35. The molecule has 1 N–H and O–H groups in total. The number of para-hydroxylation sites is 1. The highest BCUT2D eigenvalue weighted by atomic mass is 16.5. The van der Waals surface area contributed by atoms with E-state index in [9.17, 15) is 9.59 Å². The van der Waals surface area contributed by atoms with E-state index >= 15 is 0 Å². The fourth-order valence-corrected chi connectivity index (χ4v) is 2.49. The van der Waals surface area contributed by atoms with Gasteiger partial charge < -0.3 is 15.0 Å². The molecule has 0 aromatic heterocycles. The van der Waals surface area contributed by atoms with Crippen LogP contribution in [0.3, 0.4) is 0 Å². The standard InChI is InChI=1S/C19H18N2O3/c1-13(11-14-7-4-3-5-8-14)19(23)20-15-9-6-10-16-18(15)24-12-17(22)21(16)2/h3-11H,12H2,1-2H3,(H,20,23)/b13-11+. The lowest BCUT2D eigenvalue weighted by molar-refractivity contribution is -0.120. The van der Waals surface area contributed by atoms with Gasteiger partial charge in [0.1, 0.15) is 0 Å². The summed E-state index contributed by atoms with van der Waals surface area (Å²) in [7, 11) is 1.69. The van der Waals surface area contributed by atoms with Crippen LogP contribution < -0.4 is 15.0 Å². The Labute approximate surface area is 140 Å². The number of likely N-dealkylation sites (N-methyl/N-ethyl adjacent to an activating group) is 1. The van der Waals surface area contributed by atoms with E-state index in [1.807, 2.05) is 36.4 Å². The molecule has 2 amide bonds. The molecular formula is C19H18N2O3. The molecule has 0 unspecified atom stereocenters. The van der Waals surface area contributed by atoms with Crippen LogP contribution in [0, 0.1) is 0 Å². The molecule has 0 fully saturated rings. The van der Waals surface area contributed by atoms with Gasteiger partial charge >= 0.3 is 0 Å². The Morgan fingerprint density at radius 2 is 1.92 bits per heavy atom. The maximum absolute atomic E-state index is 12.4. The van der Waals surface area contributed by atoms with Crippen LogP contribution in [0.2, 0.25) is 0 Å². The number of hydrogen-bond donors (Lipinski definition) is 1. The van der Waals surface area contributed by atoms with Crippen LogP contribution >= 0.6 is 0 Å². The van der Waals surface area contributed by atoms with Crippen molar-refractivity contribution in [3.8, 4) is 5.75 Å². The van der Waals surface area contributed by atoms with Gasteiger partial charge in [0.25, 0.3) is 11.8 Å². The normalized spacial score (nSPS) is 14.0. The Morgan fingerprint density at radius 1 is 1.17 bits per heavy atom. The molecule has 0 spiro atoms. The maximum Gasteiger partial charge on any atom is 0.264 e. The number of benzene rings is 2. The third kappa shape index (κ3) is 3.15. The first-order valence-corrected chi connectivity index (χ1v) is 7.63. The minimum atomic E-state index is -0.213. The molecule has 2 aromatic rings. The van der Waals surface area contributed by atoms with Crippen molar-refractivity contribution >= 4 is 29.3 Å². The molecule has 0 atom stereocenters. The largest absolute Gasteiger partial charge is 0.479 e. The van der Waals surface area contributed by atoms with Crippen LogP contribution in [0.1, 0.15) is 12.5 Å². The average molecular weight is 322 g/mol. The minimum Gasteiger partial charge on any atom is -0.479 e. The van der Waals surface area contributed by atoms with E-state index in [0.29, 0.717) is 22.7 Å². The van der Waals surface area contributed by atoms with Crippen LogP contribution in [0.15, 0.2) is 54.1 Å². The van der Waals surface area contributed by atoms with Gasteiger partial charge in [-0.2, -0.15) is 0 Å². The van der Waals surface area contributed by atoms with Gasteiger partial charge in [-0.15, -0.1) is 0 Å². The van der Waals surface area contributed by atoms with E-state index in [2.05, 4.69) is 5.32 Å². The van der Waals surface area contributed by atoms with Crippen molar-refractivity contribution in [2.24, 2.45) is 0 Å². The second kappa shape index (κ2) is 6.58. The van der Waals surface area contributed by atoms with Crippen molar-refractivity contribution in [3.63, 3.8) is 0 Å². The van der Waals surface area contributed by atoms with E-state index < -0.39 is 0 Å². The highest BCUT2D eigenvalue weighted by molar-refractivity contribution is 6.08. The van der Waals surface area contributed by atoms with E-state index in [1.165, 1.54) is 4.90 Å². The molecule has 122 valence electrons. The number of nitrogens with one attached hydrogen (secondary N) is 1. The molecular weight excluding hydrogens is 304 g/mol. The molecule has 0 bridgehead atoms. The number of fused-ring (bicyclic) bond motifs is 1. The number of ether oxygens (including phenoxy) is 1. The van der Waals surface area contributed by atoms with Crippen LogP contribution in [0.4, 0.5) is 11.4 Å². The summed E-state index contributed by atoms with van der Waals surface area (Å²) in [6.07, 6.45) is 1.82. The summed E-state index contributed by atoms with van der Waals surface area (Å²) < 4.78 is 5.51.